The summed E-state index contributed by atoms with van der Waals surface area (Å²) in [7, 11) is 3.27. The van der Waals surface area contributed by atoms with Crippen LogP contribution >= 0.6 is 11.3 Å². The third kappa shape index (κ3) is 4.77. The molecule has 0 radical (unpaired) electrons. The standard InChI is InChI=1S/C20H21N3O3S/c1-4-26-19-11-14(5-10-18(19)25-3)12-21-23-20-22-17(13-27-20)15-6-8-16(24-2)9-7-15/h5-13H,4H2,1-3H3,(H,22,23)/b21-12-. The Morgan fingerprint density at radius 2 is 1.89 bits per heavy atom. The van der Waals surface area contributed by atoms with E-state index in [-0.39, 0.29) is 0 Å². The van der Waals surface area contributed by atoms with Crippen LogP contribution < -0.4 is 19.6 Å². The number of thiazole rings is 1. The Bertz CT molecular complexity index is 907. The Hall–Kier alpha value is -3.06. The minimum atomic E-state index is 0.572. The van der Waals surface area contributed by atoms with Crippen LogP contribution in [0.3, 0.4) is 0 Å². The number of nitrogens with one attached hydrogen (secondary N) is 1. The van der Waals surface area contributed by atoms with Crippen molar-refractivity contribution in [2.75, 3.05) is 26.3 Å². The zero-order valence-corrected chi connectivity index (χ0v) is 16.2. The zero-order chi connectivity index (χ0) is 19.1. The van der Waals surface area contributed by atoms with Gasteiger partial charge in [-0.3, -0.25) is 5.43 Å². The van der Waals surface area contributed by atoms with E-state index in [0.717, 1.165) is 27.7 Å². The van der Waals surface area contributed by atoms with Crippen LogP contribution in [-0.4, -0.2) is 32.0 Å². The average molecular weight is 383 g/mol. The van der Waals surface area contributed by atoms with Crippen molar-refractivity contribution >= 4 is 22.7 Å². The predicted molar refractivity (Wildman–Crippen MR) is 109 cm³/mol. The van der Waals surface area contributed by atoms with Gasteiger partial charge in [0.2, 0.25) is 5.13 Å². The maximum Gasteiger partial charge on any atom is 0.203 e. The van der Waals surface area contributed by atoms with E-state index in [0.29, 0.717) is 18.1 Å². The van der Waals surface area contributed by atoms with Crippen LogP contribution in [0.15, 0.2) is 52.9 Å². The van der Waals surface area contributed by atoms with Gasteiger partial charge in [-0.25, -0.2) is 4.98 Å². The molecule has 0 aliphatic heterocycles. The van der Waals surface area contributed by atoms with Gasteiger partial charge >= 0.3 is 0 Å². The fraction of sp³-hybridized carbons (Fsp3) is 0.200. The Morgan fingerprint density at radius 3 is 2.59 bits per heavy atom. The maximum absolute atomic E-state index is 5.58. The van der Waals surface area contributed by atoms with Crippen LogP contribution in [0.5, 0.6) is 17.2 Å². The third-order valence-corrected chi connectivity index (χ3v) is 4.50. The van der Waals surface area contributed by atoms with Crippen LogP contribution in [-0.2, 0) is 0 Å². The molecule has 1 aromatic heterocycles. The molecule has 0 fully saturated rings. The second kappa shape index (κ2) is 9.05. The van der Waals surface area contributed by atoms with Crippen molar-refractivity contribution < 1.29 is 14.2 Å². The lowest BCUT2D eigenvalue weighted by Gasteiger charge is -2.09. The van der Waals surface area contributed by atoms with Crippen LogP contribution in [0.4, 0.5) is 5.13 Å². The fourth-order valence-corrected chi connectivity index (χ4v) is 3.09. The van der Waals surface area contributed by atoms with Crippen molar-refractivity contribution in [2.24, 2.45) is 5.10 Å². The molecule has 0 amide bonds. The zero-order valence-electron chi connectivity index (χ0n) is 15.4. The van der Waals surface area contributed by atoms with Gasteiger partial charge in [0.25, 0.3) is 0 Å². The number of hydrogen-bond acceptors (Lipinski definition) is 7. The second-order valence-electron chi connectivity index (χ2n) is 5.48. The summed E-state index contributed by atoms with van der Waals surface area (Å²) >= 11 is 1.49. The van der Waals surface area contributed by atoms with E-state index >= 15 is 0 Å². The lowest BCUT2D eigenvalue weighted by atomic mass is 10.2. The van der Waals surface area contributed by atoms with Crippen LogP contribution in [0.2, 0.25) is 0 Å². The number of aromatic nitrogens is 1. The molecule has 140 valence electrons. The Labute approximate surface area is 162 Å². The van der Waals surface area contributed by atoms with Gasteiger partial charge in [-0.2, -0.15) is 5.10 Å². The molecule has 0 unspecified atom stereocenters. The summed E-state index contributed by atoms with van der Waals surface area (Å²) in [4.78, 5) is 4.55. The van der Waals surface area contributed by atoms with E-state index in [4.69, 9.17) is 14.2 Å². The van der Waals surface area contributed by atoms with Crippen LogP contribution in [0.1, 0.15) is 12.5 Å². The first-order valence-electron chi connectivity index (χ1n) is 8.43. The minimum Gasteiger partial charge on any atom is -0.497 e. The summed E-state index contributed by atoms with van der Waals surface area (Å²) in [6, 6.07) is 13.5. The smallest absolute Gasteiger partial charge is 0.203 e. The fourth-order valence-electron chi connectivity index (χ4n) is 2.42. The Kier molecular flexibility index (Phi) is 6.27. The van der Waals surface area contributed by atoms with Crippen molar-refractivity contribution in [1.29, 1.82) is 0 Å². The Balaban J connectivity index is 1.66. The molecule has 6 nitrogen and oxygen atoms in total. The summed E-state index contributed by atoms with van der Waals surface area (Å²) in [5.41, 5.74) is 5.79. The molecule has 0 bridgehead atoms. The number of hydrogen-bond donors (Lipinski definition) is 1. The van der Waals surface area contributed by atoms with Gasteiger partial charge < -0.3 is 14.2 Å². The molecule has 3 aromatic rings. The van der Waals surface area contributed by atoms with Gasteiger partial charge in [0.05, 0.1) is 32.7 Å². The molecular weight excluding hydrogens is 362 g/mol. The SMILES string of the molecule is CCOc1cc(/C=N\Nc2nc(-c3ccc(OC)cc3)cs2)ccc1OC. The third-order valence-electron chi connectivity index (χ3n) is 3.75. The van der Waals surface area contributed by atoms with Gasteiger partial charge in [0.1, 0.15) is 5.75 Å². The van der Waals surface area contributed by atoms with Crippen molar-refractivity contribution in [2.45, 2.75) is 6.92 Å². The first-order chi connectivity index (χ1) is 13.2. The van der Waals surface area contributed by atoms with E-state index in [9.17, 15) is 0 Å². The molecule has 0 spiro atoms. The summed E-state index contributed by atoms with van der Waals surface area (Å²) in [6.07, 6.45) is 1.72. The van der Waals surface area contributed by atoms with Gasteiger partial charge in [0.15, 0.2) is 11.5 Å². The molecule has 0 saturated heterocycles. The van der Waals surface area contributed by atoms with E-state index in [1.807, 2.05) is 54.8 Å². The first-order valence-corrected chi connectivity index (χ1v) is 9.31. The van der Waals surface area contributed by atoms with Gasteiger partial charge in [-0.1, -0.05) is 0 Å². The molecule has 0 aliphatic carbocycles. The molecule has 1 N–H and O–H groups in total. The van der Waals surface area contributed by atoms with E-state index in [1.54, 1.807) is 20.4 Å². The highest BCUT2D eigenvalue weighted by Gasteiger charge is 2.05. The highest BCUT2D eigenvalue weighted by atomic mass is 32.1. The number of benzene rings is 2. The highest BCUT2D eigenvalue weighted by Crippen LogP contribution is 2.28. The molecular formula is C20H21N3O3S. The number of nitrogens with zero attached hydrogens (tertiary/aromatic N) is 2. The van der Waals surface area contributed by atoms with Crippen LogP contribution in [0, 0.1) is 0 Å². The minimum absolute atomic E-state index is 0.572. The molecule has 0 saturated carbocycles. The lowest BCUT2D eigenvalue weighted by molar-refractivity contribution is 0.311. The number of ether oxygens (including phenoxy) is 3. The maximum atomic E-state index is 5.58. The molecule has 3 rings (SSSR count). The summed E-state index contributed by atoms with van der Waals surface area (Å²) in [6.45, 7) is 2.51. The van der Waals surface area contributed by atoms with Gasteiger partial charge in [-0.05, 0) is 55.0 Å². The number of methoxy groups -OCH3 is 2. The monoisotopic (exact) mass is 383 g/mol. The van der Waals surface area contributed by atoms with E-state index < -0.39 is 0 Å². The van der Waals surface area contributed by atoms with Crippen molar-refractivity contribution in [3.05, 3.63) is 53.4 Å². The molecule has 0 aliphatic rings. The van der Waals surface area contributed by atoms with E-state index in [1.165, 1.54) is 11.3 Å². The lowest BCUT2D eigenvalue weighted by Crippen LogP contribution is -1.97. The van der Waals surface area contributed by atoms with Crippen molar-refractivity contribution in [3.63, 3.8) is 0 Å². The number of anilines is 1. The first kappa shape index (κ1) is 18.7. The van der Waals surface area contributed by atoms with Gasteiger partial charge in [0, 0.05) is 10.9 Å². The Morgan fingerprint density at radius 1 is 1.07 bits per heavy atom. The topological polar surface area (TPSA) is 65.0 Å². The number of hydrazone groups is 1. The van der Waals surface area contributed by atoms with Crippen molar-refractivity contribution in [3.8, 4) is 28.5 Å². The molecule has 1 heterocycles. The quantitative estimate of drug-likeness (QED) is 0.452. The predicted octanol–water partition coefficient (Wildman–Crippen LogP) is 4.67. The summed E-state index contributed by atoms with van der Waals surface area (Å²) in [5.74, 6) is 2.22. The molecule has 27 heavy (non-hydrogen) atoms. The summed E-state index contributed by atoms with van der Waals surface area (Å²) in [5, 5.41) is 6.96. The van der Waals surface area contributed by atoms with Crippen LogP contribution in [0.25, 0.3) is 11.3 Å². The van der Waals surface area contributed by atoms with Crippen molar-refractivity contribution in [1.82, 2.24) is 4.98 Å². The highest BCUT2D eigenvalue weighted by molar-refractivity contribution is 7.14. The van der Waals surface area contributed by atoms with Gasteiger partial charge in [-0.15, -0.1) is 11.3 Å². The second-order valence-corrected chi connectivity index (χ2v) is 6.34. The molecule has 2 aromatic carbocycles. The molecule has 7 heteroatoms. The molecule has 0 atom stereocenters. The van der Waals surface area contributed by atoms with E-state index in [2.05, 4.69) is 15.5 Å². The average Bonchev–Trinajstić information content (AvgIpc) is 3.17. The normalized spacial score (nSPS) is 10.8. The largest absolute Gasteiger partial charge is 0.497 e. The number of rotatable bonds is 8. The summed E-state index contributed by atoms with van der Waals surface area (Å²) < 4.78 is 16.0.